The Morgan fingerprint density at radius 1 is 0.935 bits per heavy atom. The number of nitrogens with one attached hydrogen (secondary N) is 1. The lowest BCUT2D eigenvalue weighted by Gasteiger charge is -2.34. The molecule has 31 heavy (non-hydrogen) atoms. The van der Waals surface area contributed by atoms with Crippen LogP contribution in [0.15, 0.2) is 54.6 Å². The van der Waals surface area contributed by atoms with Crippen molar-refractivity contribution in [2.24, 2.45) is 0 Å². The SMILES string of the molecule is CCN(CC)c1ccc(CN(C(=S)NC2CCCCCC2)C(C)c2ccccc2)cc1. The van der Waals surface area contributed by atoms with Gasteiger partial charge in [0.2, 0.25) is 0 Å². The summed E-state index contributed by atoms with van der Waals surface area (Å²) in [5.74, 6) is 0. The average molecular weight is 438 g/mol. The van der Waals surface area contributed by atoms with Crippen LogP contribution in [0.4, 0.5) is 5.69 Å². The van der Waals surface area contributed by atoms with Gasteiger partial charge >= 0.3 is 0 Å². The first-order valence-electron chi connectivity index (χ1n) is 12.1. The molecule has 168 valence electrons. The molecule has 0 saturated heterocycles. The summed E-state index contributed by atoms with van der Waals surface area (Å²) in [5, 5.41) is 4.61. The predicted octanol–water partition coefficient (Wildman–Crippen LogP) is 6.69. The van der Waals surface area contributed by atoms with E-state index in [1.54, 1.807) is 0 Å². The number of benzene rings is 2. The van der Waals surface area contributed by atoms with Crippen LogP contribution >= 0.6 is 12.2 Å². The van der Waals surface area contributed by atoms with Crippen LogP contribution in [0.5, 0.6) is 0 Å². The second kappa shape index (κ2) is 12.1. The van der Waals surface area contributed by atoms with Gasteiger partial charge in [0, 0.05) is 31.4 Å². The van der Waals surface area contributed by atoms with Crippen molar-refractivity contribution in [1.29, 1.82) is 0 Å². The third-order valence-electron chi connectivity index (χ3n) is 6.61. The van der Waals surface area contributed by atoms with E-state index >= 15 is 0 Å². The van der Waals surface area contributed by atoms with Crippen molar-refractivity contribution >= 4 is 23.0 Å². The average Bonchev–Trinajstić information content (AvgIpc) is 3.08. The van der Waals surface area contributed by atoms with Gasteiger partial charge in [0.15, 0.2) is 5.11 Å². The van der Waals surface area contributed by atoms with Gasteiger partial charge in [0.1, 0.15) is 0 Å². The smallest absolute Gasteiger partial charge is 0.169 e. The third kappa shape index (κ3) is 6.70. The zero-order chi connectivity index (χ0) is 22.1. The summed E-state index contributed by atoms with van der Waals surface area (Å²) in [6, 6.07) is 20.4. The lowest BCUT2D eigenvalue weighted by molar-refractivity contribution is 0.317. The highest BCUT2D eigenvalue weighted by atomic mass is 32.1. The maximum absolute atomic E-state index is 5.99. The van der Waals surface area contributed by atoms with Gasteiger partial charge in [-0.2, -0.15) is 0 Å². The highest BCUT2D eigenvalue weighted by Gasteiger charge is 2.22. The van der Waals surface area contributed by atoms with Crippen LogP contribution in [0, 0.1) is 0 Å². The second-order valence-electron chi connectivity index (χ2n) is 8.69. The molecule has 4 heteroatoms. The molecule has 3 rings (SSSR count). The van der Waals surface area contributed by atoms with E-state index in [1.165, 1.54) is 55.3 Å². The van der Waals surface area contributed by atoms with Crippen LogP contribution in [-0.2, 0) is 6.54 Å². The Hall–Kier alpha value is -2.07. The van der Waals surface area contributed by atoms with Crippen LogP contribution in [0.1, 0.15) is 76.5 Å². The maximum atomic E-state index is 5.99. The molecule has 1 aliphatic carbocycles. The van der Waals surface area contributed by atoms with E-state index in [4.69, 9.17) is 12.2 Å². The molecule has 0 aromatic heterocycles. The van der Waals surface area contributed by atoms with Crippen LogP contribution in [0.25, 0.3) is 0 Å². The Bertz CT molecular complexity index is 778. The lowest BCUT2D eigenvalue weighted by Crippen LogP contribution is -2.45. The van der Waals surface area contributed by atoms with Crippen LogP contribution in [-0.4, -0.2) is 29.1 Å². The first-order valence-corrected chi connectivity index (χ1v) is 12.5. The highest BCUT2D eigenvalue weighted by Crippen LogP contribution is 2.25. The van der Waals surface area contributed by atoms with Crippen LogP contribution in [0.2, 0.25) is 0 Å². The summed E-state index contributed by atoms with van der Waals surface area (Å²) >= 11 is 5.99. The second-order valence-corrected chi connectivity index (χ2v) is 9.08. The molecule has 0 aliphatic heterocycles. The fourth-order valence-corrected chi connectivity index (χ4v) is 4.96. The summed E-state index contributed by atoms with van der Waals surface area (Å²) in [5.41, 5.74) is 3.88. The van der Waals surface area contributed by atoms with Crippen LogP contribution < -0.4 is 10.2 Å². The minimum Gasteiger partial charge on any atom is -0.372 e. The Morgan fingerprint density at radius 3 is 2.13 bits per heavy atom. The summed E-state index contributed by atoms with van der Waals surface area (Å²) in [7, 11) is 0. The first-order chi connectivity index (χ1) is 15.1. The zero-order valence-electron chi connectivity index (χ0n) is 19.5. The minimum absolute atomic E-state index is 0.217. The molecule has 2 aromatic rings. The predicted molar refractivity (Wildman–Crippen MR) is 138 cm³/mol. The van der Waals surface area contributed by atoms with Gasteiger partial charge in [0.25, 0.3) is 0 Å². The lowest BCUT2D eigenvalue weighted by atomic mass is 10.1. The molecule has 1 fully saturated rings. The van der Waals surface area contributed by atoms with E-state index in [-0.39, 0.29) is 6.04 Å². The van der Waals surface area contributed by atoms with Gasteiger partial charge in [-0.1, -0.05) is 68.1 Å². The molecule has 1 aliphatic rings. The van der Waals surface area contributed by atoms with Gasteiger partial charge in [-0.05, 0) is 69.1 Å². The van der Waals surface area contributed by atoms with Crippen molar-refractivity contribution in [3.63, 3.8) is 0 Å². The molecule has 0 radical (unpaired) electrons. The maximum Gasteiger partial charge on any atom is 0.169 e. The molecule has 0 amide bonds. The van der Waals surface area contributed by atoms with Crippen molar-refractivity contribution in [3.05, 3.63) is 65.7 Å². The molecule has 0 spiro atoms. The van der Waals surface area contributed by atoms with E-state index in [0.717, 1.165) is 24.7 Å². The molecular formula is C27H39N3S. The quantitative estimate of drug-likeness (QED) is 0.366. The van der Waals surface area contributed by atoms with E-state index in [2.05, 4.69) is 90.5 Å². The Morgan fingerprint density at radius 2 is 1.55 bits per heavy atom. The van der Waals surface area contributed by atoms with Crippen molar-refractivity contribution in [2.75, 3.05) is 18.0 Å². The van der Waals surface area contributed by atoms with Crippen LogP contribution in [0.3, 0.4) is 0 Å². The third-order valence-corrected chi connectivity index (χ3v) is 6.96. The molecule has 1 N–H and O–H groups in total. The molecule has 1 unspecified atom stereocenters. The summed E-state index contributed by atoms with van der Waals surface area (Å²) in [6.07, 6.45) is 7.78. The number of hydrogen-bond acceptors (Lipinski definition) is 2. The number of anilines is 1. The van der Waals surface area contributed by atoms with Crippen molar-refractivity contribution in [3.8, 4) is 0 Å². The van der Waals surface area contributed by atoms with Gasteiger partial charge in [0.05, 0.1) is 6.04 Å². The fraction of sp³-hybridized carbons (Fsp3) is 0.519. The van der Waals surface area contributed by atoms with E-state index in [0.29, 0.717) is 6.04 Å². The Balaban J connectivity index is 1.77. The summed E-state index contributed by atoms with van der Waals surface area (Å²) < 4.78 is 0. The summed E-state index contributed by atoms with van der Waals surface area (Å²) in [6.45, 7) is 9.55. The monoisotopic (exact) mass is 437 g/mol. The van der Waals surface area contributed by atoms with Crippen molar-refractivity contribution in [1.82, 2.24) is 10.2 Å². The van der Waals surface area contributed by atoms with Gasteiger partial charge < -0.3 is 15.1 Å². The number of nitrogens with zero attached hydrogens (tertiary/aromatic N) is 2. The van der Waals surface area contributed by atoms with Gasteiger partial charge in [-0.3, -0.25) is 0 Å². The topological polar surface area (TPSA) is 18.5 Å². The van der Waals surface area contributed by atoms with Crippen molar-refractivity contribution < 1.29 is 0 Å². The highest BCUT2D eigenvalue weighted by molar-refractivity contribution is 7.80. The first kappa shape index (κ1) is 23.6. The van der Waals surface area contributed by atoms with E-state index < -0.39 is 0 Å². The Labute approximate surface area is 194 Å². The normalized spacial score (nSPS) is 15.7. The molecule has 2 aromatic carbocycles. The summed E-state index contributed by atoms with van der Waals surface area (Å²) in [4.78, 5) is 4.74. The number of hydrogen-bond donors (Lipinski definition) is 1. The molecule has 3 nitrogen and oxygen atoms in total. The molecule has 1 atom stereocenters. The standard InChI is InChI=1S/C27H39N3S/c1-4-29(5-2)26-19-17-23(18-20-26)21-30(22(3)24-13-9-8-10-14-24)27(31)28-25-15-11-6-7-12-16-25/h8-10,13-14,17-20,22,25H,4-7,11-12,15-16,21H2,1-3H3,(H,28,31). The zero-order valence-corrected chi connectivity index (χ0v) is 20.3. The molecule has 1 saturated carbocycles. The number of thiocarbonyl (C=S) groups is 1. The van der Waals surface area contributed by atoms with E-state index in [1.807, 2.05) is 0 Å². The fourth-order valence-electron chi connectivity index (χ4n) is 4.57. The van der Waals surface area contributed by atoms with Gasteiger partial charge in [-0.15, -0.1) is 0 Å². The molecule has 0 heterocycles. The van der Waals surface area contributed by atoms with E-state index in [9.17, 15) is 0 Å². The number of rotatable bonds is 8. The molecular weight excluding hydrogens is 398 g/mol. The largest absolute Gasteiger partial charge is 0.372 e. The minimum atomic E-state index is 0.217. The van der Waals surface area contributed by atoms with Gasteiger partial charge in [-0.25, -0.2) is 0 Å². The van der Waals surface area contributed by atoms with Crippen molar-refractivity contribution in [2.45, 2.75) is 77.9 Å². The molecule has 0 bridgehead atoms. The Kier molecular flexibility index (Phi) is 9.20.